The molecule has 0 aliphatic carbocycles. The molecule has 2 nitrogen and oxygen atoms in total. The third-order valence-electron chi connectivity index (χ3n) is 3.52. The van der Waals surface area contributed by atoms with Crippen molar-refractivity contribution in [1.82, 2.24) is 5.32 Å². The number of hydrogen-bond donors (Lipinski definition) is 1. The quantitative estimate of drug-likeness (QED) is 0.851. The van der Waals surface area contributed by atoms with Crippen LogP contribution in [-0.4, -0.2) is 12.5 Å². The monoisotopic (exact) mass is 301 g/mol. The van der Waals surface area contributed by atoms with Gasteiger partial charge < -0.3 is 5.32 Å². The van der Waals surface area contributed by atoms with Gasteiger partial charge in [0.25, 0.3) is 0 Å². The minimum absolute atomic E-state index is 0.0394. The molecule has 1 amide bonds. The molecule has 0 aliphatic rings. The van der Waals surface area contributed by atoms with E-state index in [1.165, 1.54) is 5.56 Å². The number of carbonyl (C=O) groups excluding carboxylic acids is 1. The Bertz CT molecular complexity index is 583. The van der Waals surface area contributed by atoms with E-state index in [2.05, 4.69) is 24.4 Å². The molecule has 0 spiro atoms. The van der Waals surface area contributed by atoms with Crippen LogP contribution < -0.4 is 5.32 Å². The van der Waals surface area contributed by atoms with Crippen molar-refractivity contribution in [2.24, 2.45) is 0 Å². The first-order valence-electron chi connectivity index (χ1n) is 7.21. The molecule has 0 heterocycles. The number of nitrogens with one attached hydrogen (secondary N) is 1. The smallest absolute Gasteiger partial charge is 0.224 e. The summed E-state index contributed by atoms with van der Waals surface area (Å²) in [6.07, 6.45) is 1.31. The first kappa shape index (κ1) is 15.6. The fourth-order valence-corrected chi connectivity index (χ4v) is 2.48. The lowest BCUT2D eigenvalue weighted by molar-refractivity contribution is -0.120. The van der Waals surface area contributed by atoms with Crippen LogP contribution in [0.25, 0.3) is 0 Å². The van der Waals surface area contributed by atoms with Crippen molar-refractivity contribution in [3.8, 4) is 0 Å². The molecule has 0 radical (unpaired) electrons. The molecule has 2 rings (SSSR count). The Morgan fingerprint density at radius 1 is 1.14 bits per heavy atom. The molecular weight excluding hydrogens is 282 g/mol. The zero-order chi connectivity index (χ0) is 15.1. The van der Waals surface area contributed by atoms with Crippen LogP contribution in [0.2, 0.25) is 5.02 Å². The van der Waals surface area contributed by atoms with Gasteiger partial charge >= 0.3 is 0 Å². The molecule has 3 heteroatoms. The number of benzene rings is 2. The molecule has 21 heavy (non-hydrogen) atoms. The van der Waals surface area contributed by atoms with Gasteiger partial charge in [-0.3, -0.25) is 4.79 Å². The Morgan fingerprint density at radius 3 is 2.62 bits per heavy atom. The second-order valence-corrected chi connectivity index (χ2v) is 5.69. The van der Waals surface area contributed by atoms with Gasteiger partial charge in [-0.05, 0) is 35.6 Å². The first-order chi connectivity index (χ1) is 10.1. The number of hydrogen-bond acceptors (Lipinski definition) is 1. The highest BCUT2D eigenvalue weighted by Gasteiger charge is 2.07. The highest BCUT2D eigenvalue weighted by Crippen LogP contribution is 2.17. The minimum Gasteiger partial charge on any atom is -0.356 e. The van der Waals surface area contributed by atoms with Crippen LogP contribution in [0.3, 0.4) is 0 Å². The summed E-state index contributed by atoms with van der Waals surface area (Å²) in [4.78, 5) is 11.9. The summed E-state index contributed by atoms with van der Waals surface area (Å²) >= 11 is 5.91. The van der Waals surface area contributed by atoms with Crippen LogP contribution in [-0.2, 0) is 11.2 Å². The van der Waals surface area contributed by atoms with Gasteiger partial charge in [-0.15, -0.1) is 0 Å². The molecule has 0 aliphatic heterocycles. The Labute approximate surface area is 131 Å². The van der Waals surface area contributed by atoms with Crippen LogP contribution in [0.5, 0.6) is 0 Å². The van der Waals surface area contributed by atoms with E-state index in [-0.39, 0.29) is 5.91 Å². The van der Waals surface area contributed by atoms with Gasteiger partial charge in [-0.2, -0.15) is 0 Å². The van der Waals surface area contributed by atoms with Gasteiger partial charge in [0.2, 0.25) is 5.91 Å². The van der Waals surface area contributed by atoms with Crippen LogP contribution in [0.15, 0.2) is 54.6 Å². The number of rotatable bonds is 6. The predicted octanol–water partition coefficient (Wildman–Crippen LogP) is 4.19. The molecule has 0 aromatic heterocycles. The number of halogens is 1. The Morgan fingerprint density at radius 2 is 1.90 bits per heavy atom. The summed E-state index contributed by atoms with van der Waals surface area (Å²) in [6, 6.07) is 17.8. The second kappa shape index (κ2) is 7.84. The molecule has 0 bridgehead atoms. The summed E-state index contributed by atoms with van der Waals surface area (Å²) < 4.78 is 0. The molecule has 0 saturated carbocycles. The summed E-state index contributed by atoms with van der Waals surface area (Å²) in [5.74, 6) is 0.482. The van der Waals surface area contributed by atoms with Gasteiger partial charge in [0.15, 0.2) is 0 Å². The lowest BCUT2D eigenvalue weighted by Gasteiger charge is -2.12. The van der Waals surface area contributed by atoms with E-state index in [0.717, 1.165) is 12.0 Å². The maximum Gasteiger partial charge on any atom is 0.224 e. The van der Waals surface area contributed by atoms with E-state index in [0.29, 0.717) is 23.9 Å². The third-order valence-corrected chi connectivity index (χ3v) is 3.76. The van der Waals surface area contributed by atoms with Crippen molar-refractivity contribution in [2.45, 2.75) is 25.7 Å². The van der Waals surface area contributed by atoms with E-state index >= 15 is 0 Å². The zero-order valence-corrected chi connectivity index (χ0v) is 12.9. The molecule has 1 atom stereocenters. The topological polar surface area (TPSA) is 29.1 Å². The molecule has 2 aromatic carbocycles. The Balaban J connectivity index is 1.74. The van der Waals surface area contributed by atoms with Crippen LogP contribution >= 0.6 is 11.6 Å². The second-order valence-electron chi connectivity index (χ2n) is 5.26. The average Bonchev–Trinajstić information content (AvgIpc) is 2.48. The van der Waals surface area contributed by atoms with Gasteiger partial charge in [0.05, 0.1) is 6.42 Å². The van der Waals surface area contributed by atoms with Gasteiger partial charge in [-0.25, -0.2) is 0 Å². The highest BCUT2D eigenvalue weighted by atomic mass is 35.5. The molecule has 0 fully saturated rings. The fraction of sp³-hybridized carbons (Fsp3) is 0.278. The zero-order valence-electron chi connectivity index (χ0n) is 12.2. The largest absolute Gasteiger partial charge is 0.356 e. The molecule has 110 valence electrons. The van der Waals surface area contributed by atoms with E-state index < -0.39 is 0 Å². The van der Waals surface area contributed by atoms with Crippen molar-refractivity contribution in [3.63, 3.8) is 0 Å². The molecule has 1 unspecified atom stereocenters. The Kier molecular flexibility index (Phi) is 5.82. The maximum atomic E-state index is 11.9. The molecule has 0 saturated heterocycles. The summed E-state index contributed by atoms with van der Waals surface area (Å²) in [5.41, 5.74) is 2.25. The van der Waals surface area contributed by atoms with Crippen LogP contribution in [0, 0.1) is 0 Å². The van der Waals surface area contributed by atoms with Crippen molar-refractivity contribution in [3.05, 3.63) is 70.7 Å². The summed E-state index contributed by atoms with van der Waals surface area (Å²) in [6.45, 7) is 2.87. The van der Waals surface area contributed by atoms with E-state index in [1.54, 1.807) is 0 Å². The van der Waals surface area contributed by atoms with E-state index in [1.807, 2.05) is 42.5 Å². The predicted molar refractivity (Wildman–Crippen MR) is 87.6 cm³/mol. The average molecular weight is 302 g/mol. The molecule has 2 aromatic rings. The van der Waals surface area contributed by atoms with Crippen LogP contribution in [0.1, 0.15) is 30.4 Å². The van der Waals surface area contributed by atoms with E-state index in [4.69, 9.17) is 11.6 Å². The first-order valence-corrected chi connectivity index (χ1v) is 7.59. The third kappa shape index (κ3) is 5.24. The van der Waals surface area contributed by atoms with Crippen molar-refractivity contribution < 1.29 is 4.79 Å². The van der Waals surface area contributed by atoms with Crippen molar-refractivity contribution >= 4 is 17.5 Å². The highest BCUT2D eigenvalue weighted by molar-refractivity contribution is 6.30. The minimum atomic E-state index is 0.0394. The van der Waals surface area contributed by atoms with Crippen LogP contribution in [0.4, 0.5) is 0 Å². The Hall–Kier alpha value is -1.80. The lowest BCUT2D eigenvalue weighted by Crippen LogP contribution is -2.26. The van der Waals surface area contributed by atoms with Crippen molar-refractivity contribution in [2.75, 3.05) is 6.54 Å². The van der Waals surface area contributed by atoms with Gasteiger partial charge in [0.1, 0.15) is 0 Å². The van der Waals surface area contributed by atoms with Crippen molar-refractivity contribution in [1.29, 1.82) is 0 Å². The van der Waals surface area contributed by atoms with Gasteiger partial charge in [0, 0.05) is 11.6 Å². The number of amides is 1. The summed E-state index contributed by atoms with van der Waals surface area (Å²) in [5, 5.41) is 3.63. The maximum absolute atomic E-state index is 11.9. The normalized spacial score (nSPS) is 11.9. The lowest BCUT2D eigenvalue weighted by atomic mass is 9.98. The molecular formula is C18H20ClNO. The standard InChI is InChI=1S/C18H20ClNO/c1-14(16-7-3-2-4-8-16)10-11-20-18(21)13-15-6-5-9-17(19)12-15/h2-9,12,14H,10-11,13H2,1H3,(H,20,21). The molecule has 1 N–H and O–H groups in total. The van der Waals surface area contributed by atoms with Gasteiger partial charge in [-0.1, -0.05) is 61.0 Å². The van der Waals surface area contributed by atoms with E-state index in [9.17, 15) is 4.79 Å². The fourth-order valence-electron chi connectivity index (χ4n) is 2.27. The summed E-state index contributed by atoms with van der Waals surface area (Å²) in [7, 11) is 0. The number of carbonyl (C=O) groups is 1. The SMILES string of the molecule is CC(CCNC(=O)Cc1cccc(Cl)c1)c1ccccc1.